The van der Waals surface area contributed by atoms with Crippen molar-refractivity contribution in [2.45, 2.75) is 32.1 Å². The highest BCUT2D eigenvalue weighted by Gasteiger charge is 2.34. The number of aryl methyl sites for hydroxylation is 1. The molecule has 0 aromatic heterocycles. The Bertz CT molecular complexity index is 774. The summed E-state index contributed by atoms with van der Waals surface area (Å²) >= 11 is 1.64. The van der Waals surface area contributed by atoms with Crippen LogP contribution in [0.2, 0.25) is 0 Å². The van der Waals surface area contributed by atoms with E-state index in [1.54, 1.807) is 11.8 Å². The molecule has 0 bridgehead atoms. The molecular formula is C20H22N2O2S. The fraction of sp³-hybridized carbons (Fsp3) is 0.300. The van der Waals surface area contributed by atoms with Crippen molar-refractivity contribution in [3.8, 4) is 0 Å². The first-order valence-corrected chi connectivity index (χ1v) is 9.60. The molecule has 1 fully saturated rings. The molecule has 3 rings (SSSR count). The maximum atomic E-state index is 12.5. The van der Waals surface area contributed by atoms with E-state index in [1.807, 2.05) is 54.3 Å². The molecule has 0 spiro atoms. The van der Waals surface area contributed by atoms with Crippen LogP contribution in [0.3, 0.4) is 0 Å². The highest BCUT2D eigenvalue weighted by molar-refractivity contribution is 8.00. The van der Waals surface area contributed by atoms with Gasteiger partial charge in [0.25, 0.3) is 0 Å². The summed E-state index contributed by atoms with van der Waals surface area (Å²) in [6.45, 7) is 3.93. The second-order valence-corrected chi connectivity index (χ2v) is 7.00. The minimum atomic E-state index is -0.0314. The quantitative estimate of drug-likeness (QED) is 0.867. The number of thioether (sulfide) groups is 1. The Morgan fingerprint density at radius 1 is 1.16 bits per heavy atom. The van der Waals surface area contributed by atoms with Crippen LogP contribution < -0.4 is 10.2 Å². The molecule has 1 N–H and O–H groups in total. The van der Waals surface area contributed by atoms with Crippen molar-refractivity contribution in [3.63, 3.8) is 0 Å². The second kappa shape index (κ2) is 7.74. The zero-order chi connectivity index (χ0) is 17.8. The summed E-state index contributed by atoms with van der Waals surface area (Å²) in [7, 11) is 0. The summed E-state index contributed by atoms with van der Waals surface area (Å²) in [5.41, 5.74) is 4.02. The molecule has 1 unspecified atom stereocenters. The first-order valence-electron chi connectivity index (χ1n) is 8.55. The molecule has 1 heterocycles. The summed E-state index contributed by atoms with van der Waals surface area (Å²) < 4.78 is 0. The van der Waals surface area contributed by atoms with Crippen LogP contribution in [0.25, 0.3) is 0 Å². The number of carbonyl (C=O) groups excluding carboxylic acids is 2. The Hall–Kier alpha value is -2.27. The third-order valence-electron chi connectivity index (χ3n) is 4.30. The van der Waals surface area contributed by atoms with Crippen molar-refractivity contribution in [2.24, 2.45) is 0 Å². The van der Waals surface area contributed by atoms with Crippen LogP contribution in [0.4, 0.5) is 11.4 Å². The van der Waals surface area contributed by atoms with E-state index < -0.39 is 0 Å². The van der Waals surface area contributed by atoms with E-state index in [9.17, 15) is 9.59 Å². The molecule has 0 radical (unpaired) electrons. The molecular weight excluding hydrogens is 332 g/mol. The first kappa shape index (κ1) is 17.5. The Balaban J connectivity index is 1.88. The van der Waals surface area contributed by atoms with Crippen LogP contribution in [0, 0.1) is 0 Å². The van der Waals surface area contributed by atoms with Crippen molar-refractivity contribution in [2.75, 3.05) is 16.0 Å². The van der Waals surface area contributed by atoms with Crippen molar-refractivity contribution >= 4 is 35.0 Å². The fourth-order valence-electron chi connectivity index (χ4n) is 2.96. The SMILES string of the molecule is CCC(=O)Nc1ccc(C2SCC(=O)N2c2ccccc2CC)cc1. The number of para-hydroxylation sites is 1. The lowest BCUT2D eigenvalue weighted by Crippen LogP contribution is -2.28. The van der Waals surface area contributed by atoms with Gasteiger partial charge in [-0.05, 0) is 35.7 Å². The Kier molecular flexibility index (Phi) is 5.43. The van der Waals surface area contributed by atoms with Crippen molar-refractivity contribution < 1.29 is 9.59 Å². The number of rotatable bonds is 5. The largest absolute Gasteiger partial charge is 0.326 e. The summed E-state index contributed by atoms with van der Waals surface area (Å²) in [5, 5.41) is 2.82. The van der Waals surface area contributed by atoms with E-state index in [4.69, 9.17) is 0 Å². The lowest BCUT2D eigenvalue weighted by atomic mass is 10.1. The molecule has 130 valence electrons. The number of amides is 2. The van der Waals surface area contributed by atoms with Crippen molar-refractivity contribution in [1.29, 1.82) is 0 Å². The van der Waals surface area contributed by atoms with Gasteiger partial charge in [0, 0.05) is 17.8 Å². The highest BCUT2D eigenvalue weighted by atomic mass is 32.2. The van der Waals surface area contributed by atoms with Crippen molar-refractivity contribution in [1.82, 2.24) is 0 Å². The summed E-state index contributed by atoms with van der Waals surface area (Å²) in [6, 6.07) is 15.9. The molecule has 4 nitrogen and oxygen atoms in total. The van der Waals surface area contributed by atoms with Gasteiger partial charge in [-0.3, -0.25) is 14.5 Å². The van der Waals surface area contributed by atoms with Crippen LogP contribution in [0.15, 0.2) is 48.5 Å². The van der Waals surface area contributed by atoms with Gasteiger partial charge in [0.15, 0.2) is 0 Å². The Morgan fingerprint density at radius 3 is 2.56 bits per heavy atom. The van der Waals surface area contributed by atoms with Gasteiger partial charge in [-0.25, -0.2) is 0 Å². The normalized spacial score (nSPS) is 17.0. The number of hydrogen-bond acceptors (Lipinski definition) is 3. The van der Waals surface area contributed by atoms with E-state index in [-0.39, 0.29) is 17.2 Å². The smallest absolute Gasteiger partial charge is 0.238 e. The third kappa shape index (κ3) is 3.71. The lowest BCUT2D eigenvalue weighted by Gasteiger charge is -2.26. The van der Waals surface area contributed by atoms with Crippen LogP contribution >= 0.6 is 11.8 Å². The monoisotopic (exact) mass is 354 g/mol. The lowest BCUT2D eigenvalue weighted by molar-refractivity contribution is -0.116. The zero-order valence-electron chi connectivity index (χ0n) is 14.5. The Labute approximate surface area is 152 Å². The first-order chi connectivity index (χ1) is 12.1. The molecule has 1 atom stereocenters. The molecule has 5 heteroatoms. The van der Waals surface area contributed by atoms with E-state index in [0.717, 1.165) is 23.4 Å². The third-order valence-corrected chi connectivity index (χ3v) is 5.51. The topological polar surface area (TPSA) is 49.4 Å². The van der Waals surface area contributed by atoms with Crippen molar-refractivity contribution in [3.05, 3.63) is 59.7 Å². The van der Waals surface area contributed by atoms with Gasteiger partial charge in [0.1, 0.15) is 5.37 Å². The number of nitrogens with one attached hydrogen (secondary N) is 1. The zero-order valence-corrected chi connectivity index (χ0v) is 15.3. The molecule has 2 amide bonds. The molecule has 0 aliphatic carbocycles. The number of hydrogen-bond donors (Lipinski definition) is 1. The van der Waals surface area contributed by atoms with Gasteiger partial charge >= 0.3 is 0 Å². The van der Waals surface area contributed by atoms with Gasteiger partial charge in [-0.1, -0.05) is 44.2 Å². The fourth-order valence-corrected chi connectivity index (χ4v) is 4.13. The summed E-state index contributed by atoms with van der Waals surface area (Å²) in [6.07, 6.45) is 1.34. The molecule has 1 aliphatic heterocycles. The molecule has 1 aliphatic rings. The van der Waals surface area contributed by atoms with Gasteiger partial charge < -0.3 is 5.32 Å². The average Bonchev–Trinajstić information content (AvgIpc) is 3.03. The van der Waals surface area contributed by atoms with E-state index in [2.05, 4.69) is 18.3 Å². The molecule has 1 saturated heterocycles. The molecule has 2 aromatic carbocycles. The van der Waals surface area contributed by atoms with Gasteiger partial charge in [-0.15, -0.1) is 11.8 Å². The molecule has 25 heavy (non-hydrogen) atoms. The van der Waals surface area contributed by atoms with Crippen LogP contribution in [0.1, 0.15) is 36.8 Å². The van der Waals surface area contributed by atoms with E-state index >= 15 is 0 Å². The number of nitrogens with zero attached hydrogens (tertiary/aromatic N) is 1. The highest BCUT2D eigenvalue weighted by Crippen LogP contribution is 2.43. The number of carbonyl (C=O) groups is 2. The van der Waals surface area contributed by atoms with Gasteiger partial charge in [0.2, 0.25) is 11.8 Å². The van der Waals surface area contributed by atoms with Crippen LogP contribution in [0.5, 0.6) is 0 Å². The van der Waals surface area contributed by atoms with Crippen LogP contribution in [-0.4, -0.2) is 17.6 Å². The Morgan fingerprint density at radius 2 is 1.88 bits per heavy atom. The van der Waals surface area contributed by atoms with Crippen LogP contribution in [-0.2, 0) is 16.0 Å². The van der Waals surface area contributed by atoms with E-state index in [0.29, 0.717) is 12.2 Å². The summed E-state index contributed by atoms with van der Waals surface area (Å²) in [5.74, 6) is 0.618. The predicted octanol–water partition coefficient (Wildman–Crippen LogP) is 4.38. The minimum Gasteiger partial charge on any atom is -0.326 e. The minimum absolute atomic E-state index is 0.00308. The van der Waals surface area contributed by atoms with E-state index in [1.165, 1.54) is 5.56 Å². The maximum absolute atomic E-state index is 12.5. The maximum Gasteiger partial charge on any atom is 0.238 e. The molecule has 0 saturated carbocycles. The van der Waals surface area contributed by atoms with Gasteiger partial charge in [0.05, 0.1) is 5.75 Å². The standard InChI is InChI=1S/C20H22N2O2S/c1-3-14-7-5-6-8-17(14)22-19(24)13-25-20(22)15-9-11-16(12-10-15)21-18(23)4-2/h5-12,20H,3-4,13H2,1-2H3,(H,21,23). The second-order valence-electron chi connectivity index (χ2n) is 5.93. The predicted molar refractivity (Wildman–Crippen MR) is 104 cm³/mol. The summed E-state index contributed by atoms with van der Waals surface area (Å²) in [4.78, 5) is 25.9. The number of benzene rings is 2. The average molecular weight is 354 g/mol. The van der Waals surface area contributed by atoms with Gasteiger partial charge in [-0.2, -0.15) is 0 Å². The number of anilines is 2. The molecule has 2 aromatic rings.